The molecule has 1 aliphatic rings. The van der Waals surface area contributed by atoms with Gasteiger partial charge in [-0.3, -0.25) is 9.59 Å². The predicted molar refractivity (Wildman–Crippen MR) is 62.6 cm³/mol. The number of nitrogens with one attached hydrogen (secondary N) is 2. The molecule has 0 saturated carbocycles. The van der Waals surface area contributed by atoms with Crippen LogP contribution >= 0.6 is 11.8 Å². The molecule has 12 nitrogen and oxygen atoms in total. The molecule has 1 atom stereocenters. The van der Waals surface area contributed by atoms with Gasteiger partial charge in [0.15, 0.2) is 0 Å². The minimum atomic E-state index is -1.10. The molecule has 1 fully saturated rings. The van der Waals surface area contributed by atoms with Crippen molar-refractivity contribution in [2.75, 3.05) is 19.0 Å². The Morgan fingerprint density at radius 3 is 2.35 bits per heavy atom. The summed E-state index contributed by atoms with van der Waals surface area (Å²) < 4.78 is 0. The minimum absolute atomic E-state index is 0.198. The average Bonchev–Trinajstić information content (AvgIpc) is 2.79. The number of amides is 2. The SMILES string of the molecule is O=C1N[C@H](C(=O)NC(CO[N+](=O)[O-])CO[N+](=O)[O-])CS1. The summed E-state index contributed by atoms with van der Waals surface area (Å²) in [5, 5.41) is 22.2. The van der Waals surface area contributed by atoms with Gasteiger partial charge in [0.25, 0.3) is 15.4 Å². The van der Waals surface area contributed by atoms with Crippen LogP contribution in [0.1, 0.15) is 0 Å². The van der Waals surface area contributed by atoms with Crippen LogP contribution < -0.4 is 10.6 Å². The van der Waals surface area contributed by atoms with Crippen LogP contribution in [-0.4, -0.2) is 52.4 Å². The van der Waals surface area contributed by atoms with Crippen LogP contribution in [0.5, 0.6) is 0 Å². The van der Waals surface area contributed by atoms with Crippen LogP contribution in [0.25, 0.3) is 0 Å². The first-order valence-corrected chi connectivity index (χ1v) is 6.15. The van der Waals surface area contributed by atoms with Crippen molar-refractivity contribution in [1.82, 2.24) is 10.6 Å². The monoisotopic (exact) mass is 310 g/mol. The third-order valence-corrected chi connectivity index (χ3v) is 2.98. The van der Waals surface area contributed by atoms with Crippen molar-refractivity contribution in [2.24, 2.45) is 0 Å². The highest BCUT2D eigenvalue weighted by molar-refractivity contribution is 8.14. The van der Waals surface area contributed by atoms with Crippen LogP contribution in [0.2, 0.25) is 0 Å². The normalized spacial score (nSPS) is 17.4. The Morgan fingerprint density at radius 2 is 1.95 bits per heavy atom. The zero-order chi connectivity index (χ0) is 15.1. The van der Waals surface area contributed by atoms with E-state index in [1.54, 1.807) is 0 Å². The summed E-state index contributed by atoms with van der Waals surface area (Å²) in [6.45, 7) is -1.22. The highest BCUT2D eigenvalue weighted by Gasteiger charge is 2.29. The van der Waals surface area contributed by atoms with Crippen LogP contribution in [-0.2, 0) is 14.5 Å². The molecule has 1 aliphatic heterocycles. The summed E-state index contributed by atoms with van der Waals surface area (Å²) in [5.74, 6) is -0.434. The maximum absolute atomic E-state index is 11.7. The van der Waals surface area contributed by atoms with Crippen molar-refractivity contribution in [3.8, 4) is 0 Å². The Morgan fingerprint density at radius 1 is 1.40 bits per heavy atom. The molecular weight excluding hydrogens is 300 g/mol. The Balaban J connectivity index is 2.48. The van der Waals surface area contributed by atoms with Crippen LogP contribution in [0.3, 0.4) is 0 Å². The van der Waals surface area contributed by atoms with E-state index in [9.17, 15) is 29.8 Å². The van der Waals surface area contributed by atoms with Gasteiger partial charge in [-0.1, -0.05) is 11.8 Å². The van der Waals surface area contributed by atoms with Gasteiger partial charge in [-0.25, -0.2) is 0 Å². The smallest absolute Gasteiger partial charge is 0.294 e. The second kappa shape index (κ2) is 7.32. The molecule has 0 aromatic rings. The van der Waals surface area contributed by atoms with Crippen LogP contribution in [0, 0.1) is 20.2 Å². The number of carbonyl (C=O) groups is 2. The van der Waals surface area contributed by atoms with Crippen molar-refractivity contribution in [3.63, 3.8) is 0 Å². The maximum Gasteiger partial charge on any atom is 0.294 e. The number of thioether (sulfide) groups is 1. The molecular formula is C7H10N4O8S. The molecule has 1 rings (SSSR count). The van der Waals surface area contributed by atoms with Gasteiger partial charge >= 0.3 is 0 Å². The molecule has 1 heterocycles. The van der Waals surface area contributed by atoms with Gasteiger partial charge in [0.05, 0.1) is 6.04 Å². The van der Waals surface area contributed by atoms with Gasteiger partial charge in [-0.05, 0) is 0 Å². The van der Waals surface area contributed by atoms with Crippen LogP contribution in [0.15, 0.2) is 0 Å². The lowest BCUT2D eigenvalue weighted by molar-refractivity contribution is -0.766. The summed E-state index contributed by atoms with van der Waals surface area (Å²) in [6.07, 6.45) is 0. The molecule has 2 N–H and O–H groups in total. The lowest BCUT2D eigenvalue weighted by Crippen LogP contribution is -2.50. The lowest BCUT2D eigenvalue weighted by atomic mass is 10.2. The van der Waals surface area contributed by atoms with Gasteiger partial charge in [0, 0.05) is 5.75 Å². The molecule has 0 bridgehead atoms. The van der Waals surface area contributed by atoms with Gasteiger partial charge in [-0.15, -0.1) is 20.2 Å². The van der Waals surface area contributed by atoms with Crippen molar-refractivity contribution < 1.29 is 29.4 Å². The molecule has 0 unspecified atom stereocenters. The fourth-order valence-corrected chi connectivity index (χ4v) is 2.04. The third kappa shape index (κ3) is 5.55. The predicted octanol–water partition coefficient (Wildman–Crippen LogP) is -1.29. The fourth-order valence-electron chi connectivity index (χ4n) is 1.26. The van der Waals surface area contributed by atoms with Crippen molar-refractivity contribution in [1.29, 1.82) is 0 Å². The summed E-state index contributed by atoms with van der Waals surface area (Å²) in [5.41, 5.74) is 0. The Kier molecular flexibility index (Phi) is 5.76. The van der Waals surface area contributed by atoms with Gasteiger partial charge in [0.2, 0.25) is 5.91 Å². The number of rotatable bonds is 8. The summed E-state index contributed by atoms with van der Waals surface area (Å²) in [6, 6.07) is -1.90. The van der Waals surface area contributed by atoms with E-state index in [2.05, 4.69) is 20.3 Å². The molecule has 112 valence electrons. The Bertz CT molecular complexity index is 400. The van der Waals surface area contributed by atoms with Crippen molar-refractivity contribution in [2.45, 2.75) is 12.1 Å². The topological polar surface area (TPSA) is 163 Å². The van der Waals surface area contributed by atoms with E-state index in [1.807, 2.05) is 0 Å². The summed E-state index contributed by atoms with van der Waals surface area (Å²) in [4.78, 5) is 50.8. The highest BCUT2D eigenvalue weighted by atomic mass is 32.2. The lowest BCUT2D eigenvalue weighted by Gasteiger charge is -2.18. The molecule has 0 radical (unpaired) electrons. The second-order valence-electron chi connectivity index (χ2n) is 3.54. The van der Waals surface area contributed by atoms with Gasteiger partial charge in [-0.2, -0.15) is 0 Å². The van der Waals surface area contributed by atoms with E-state index >= 15 is 0 Å². The van der Waals surface area contributed by atoms with E-state index in [1.165, 1.54) is 0 Å². The number of carbonyl (C=O) groups excluding carboxylic acids is 2. The van der Waals surface area contributed by atoms with Crippen LogP contribution in [0.4, 0.5) is 4.79 Å². The maximum atomic E-state index is 11.7. The summed E-state index contributed by atoms with van der Waals surface area (Å²) in [7, 11) is 0. The first kappa shape index (κ1) is 15.7. The molecule has 13 heteroatoms. The highest BCUT2D eigenvalue weighted by Crippen LogP contribution is 2.12. The number of hydrogen-bond donors (Lipinski definition) is 2. The zero-order valence-corrected chi connectivity index (χ0v) is 10.7. The molecule has 2 amide bonds. The minimum Gasteiger partial charge on any atom is -0.348 e. The Labute approximate surface area is 115 Å². The molecule has 0 aromatic carbocycles. The van der Waals surface area contributed by atoms with Gasteiger partial charge in [0.1, 0.15) is 19.3 Å². The zero-order valence-electron chi connectivity index (χ0n) is 9.84. The molecule has 0 aliphatic carbocycles. The van der Waals surface area contributed by atoms with E-state index in [4.69, 9.17) is 0 Å². The molecule has 0 spiro atoms. The largest absolute Gasteiger partial charge is 0.348 e. The van der Waals surface area contributed by atoms with Crippen molar-refractivity contribution in [3.05, 3.63) is 20.2 Å². The quantitative estimate of drug-likeness (QED) is 0.410. The summed E-state index contributed by atoms with van der Waals surface area (Å²) >= 11 is 0.907. The Hall–Kier alpha value is -2.31. The van der Waals surface area contributed by atoms with Crippen molar-refractivity contribution >= 4 is 22.9 Å². The number of nitrogens with zero attached hydrogens (tertiary/aromatic N) is 2. The average molecular weight is 310 g/mol. The van der Waals surface area contributed by atoms with E-state index in [-0.39, 0.29) is 11.0 Å². The van der Waals surface area contributed by atoms with E-state index in [0.29, 0.717) is 0 Å². The molecule has 20 heavy (non-hydrogen) atoms. The number of hydrogen-bond acceptors (Lipinski definition) is 9. The molecule has 1 saturated heterocycles. The molecule has 0 aromatic heterocycles. The van der Waals surface area contributed by atoms with E-state index < -0.39 is 41.4 Å². The standard InChI is InChI=1S/C7H10N4O8S/c12-6(5-3-20-7(13)9-5)8-4(1-18-10(14)15)2-19-11(16)17/h4-5H,1-3H2,(H,8,12)(H,9,13)/t5-/m0/s1. The fraction of sp³-hybridized carbons (Fsp3) is 0.714. The first-order valence-electron chi connectivity index (χ1n) is 5.16. The third-order valence-electron chi connectivity index (χ3n) is 2.10. The second-order valence-corrected chi connectivity index (χ2v) is 4.53. The first-order chi connectivity index (χ1) is 9.38. The van der Waals surface area contributed by atoms with Gasteiger partial charge < -0.3 is 20.3 Å². The van der Waals surface area contributed by atoms with E-state index in [0.717, 1.165) is 11.8 Å².